The van der Waals surface area contributed by atoms with Gasteiger partial charge in [-0.2, -0.15) is 0 Å². The van der Waals surface area contributed by atoms with Crippen LogP contribution in [0.4, 0.5) is 14.9 Å². The van der Waals surface area contributed by atoms with Gasteiger partial charge in [-0.1, -0.05) is 24.3 Å². The molecular weight excluding hydrogens is 555 g/mol. The van der Waals surface area contributed by atoms with Crippen LogP contribution in [0.15, 0.2) is 70.0 Å². The van der Waals surface area contributed by atoms with Crippen LogP contribution in [0, 0.1) is 15.9 Å². The van der Waals surface area contributed by atoms with Gasteiger partial charge in [0.2, 0.25) is 0 Å². The van der Waals surface area contributed by atoms with E-state index in [-0.39, 0.29) is 29.6 Å². The van der Waals surface area contributed by atoms with E-state index in [0.717, 1.165) is 16.7 Å². The van der Waals surface area contributed by atoms with E-state index in [9.17, 15) is 24.1 Å². The molecule has 0 unspecified atom stereocenters. The van der Waals surface area contributed by atoms with Crippen LogP contribution in [0.1, 0.15) is 16.7 Å². The highest BCUT2D eigenvalue weighted by Crippen LogP contribution is 2.39. The molecule has 0 N–H and O–H groups in total. The molecule has 1 heterocycles. The maximum atomic E-state index is 13.4. The second-order valence-electron chi connectivity index (χ2n) is 7.64. The number of nitro benzene ring substituents is 1. The largest absolute Gasteiger partial charge is 0.493 e. The lowest BCUT2D eigenvalue weighted by Gasteiger charge is -2.14. The van der Waals surface area contributed by atoms with Crippen LogP contribution in [0.2, 0.25) is 0 Å². The molecule has 1 aliphatic heterocycles. The molecule has 0 saturated carbocycles. The lowest BCUT2D eigenvalue weighted by atomic mass is 10.1. The maximum absolute atomic E-state index is 13.4. The van der Waals surface area contributed by atoms with Crippen molar-refractivity contribution in [2.24, 2.45) is 0 Å². The third kappa shape index (κ3) is 5.74. The fraction of sp³-hybridized carbons (Fsp3) is 0.120. The Balaban J connectivity index is 1.51. The van der Waals surface area contributed by atoms with Crippen molar-refractivity contribution in [1.29, 1.82) is 0 Å². The Kier molecular flexibility index (Phi) is 7.70. The van der Waals surface area contributed by atoms with Crippen molar-refractivity contribution in [2.75, 3.05) is 7.11 Å². The highest BCUT2D eigenvalue weighted by molar-refractivity contribution is 9.10. The van der Waals surface area contributed by atoms with E-state index in [2.05, 4.69) is 15.9 Å². The second kappa shape index (κ2) is 10.9. The third-order valence-corrected chi connectivity index (χ3v) is 6.68. The number of ether oxygens (including phenoxy) is 2. The van der Waals surface area contributed by atoms with Crippen molar-refractivity contribution in [3.63, 3.8) is 0 Å². The van der Waals surface area contributed by atoms with Crippen LogP contribution in [-0.4, -0.2) is 28.1 Å². The number of hydrogen-bond donors (Lipinski definition) is 0. The normalized spacial score (nSPS) is 14.4. The summed E-state index contributed by atoms with van der Waals surface area (Å²) in [4.78, 5) is 37.0. The number of imide groups is 1. The smallest absolute Gasteiger partial charge is 0.293 e. The van der Waals surface area contributed by atoms with Gasteiger partial charge in [0.05, 0.1) is 28.0 Å². The summed E-state index contributed by atoms with van der Waals surface area (Å²) >= 11 is 4.25. The minimum Gasteiger partial charge on any atom is -0.493 e. The quantitative estimate of drug-likeness (QED) is 0.177. The number of carbonyl (C=O) groups excluding carboxylic acids is 2. The molecule has 184 valence electrons. The molecule has 8 nitrogen and oxygen atoms in total. The number of hydrogen-bond acceptors (Lipinski definition) is 7. The lowest BCUT2D eigenvalue weighted by Crippen LogP contribution is -2.27. The Labute approximate surface area is 218 Å². The number of carbonyl (C=O) groups is 2. The average molecular weight is 573 g/mol. The highest BCUT2D eigenvalue weighted by atomic mass is 79.9. The Hall–Kier alpha value is -3.70. The number of methoxy groups -OCH3 is 1. The predicted molar refractivity (Wildman–Crippen MR) is 136 cm³/mol. The fourth-order valence-electron chi connectivity index (χ4n) is 3.44. The molecule has 0 spiro atoms. The van der Waals surface area contributed by atoms with Crippen molar-refractivity contribution in [3.8, 4) is 11.5 Å². The maximum Gasteiger partial charge on any atom is 0.293 e. The Morgan fingerprint density at radius 2 is 1.86 bits per heavy atom. The molecular formula is C25H18BrFN2O6S. The van der Waals surface area contributed by atoms with Crippen LogP contribution in [0.25, 0.3) is 6.08 Å². The first-order valence-electron chi connectivity index (χ1n) is 10.5. The lowest BCUT2D eigenvalue weighted by molar-refractivity contribution is -0.384. The minimum absolute atomic E-state index is 0.000124. The van der Waals surface area contributed by atoms with E-state index in [1.807, 2.05) is 0 Å². The van der Waals surface area contributed by atoms with E-state index in [1.165, 1.54) is 43.5 Å². The molecule has 0 aliphatic carbocycles. The van der Waals surface area contributed by atoms with E-state index < -0.39 is 16.1 Å². The predicted octanol–water partition coefficient (Wildman–Crippen LogP) is 6.32. The number of nitrogens with zero attached hydrogens (tertiary/aromatic N) is 2. The zero-order chi connectivity index (χ0) is 25.8. The summed E-state index contributed by atoms with van der Waals surface area (Å²) in [5.74, 6) is -0.0350. The Morgan fingerprint density at radius 3 is 2.53 bits per heavy atom. The van der Waals surface area contributed by atoms with E-state index in [4.69, 9.17) is 9.47 Å². The number of non-ortho nitro benzene ring substituents is 1. The van der Waals surface area contributed by atoms with Crippen molar-refractivity contribution < 1.29 is 28.4 Å². The summed E-state index contributed by atoms with van der Waals surface area (Å²) in [6.45, 7) is 0.119. The number of rotatable bonds is 8. The molecule has 3 aromatic carbocycles. The first-order chi connectivity index (χ1) is 17.2. The number of benzene rings is 3. The summed E-state index contributed by atoms with van der Waals surface area (Å²) in [6, 6.07) is 15.1. The highest BCUT2D eigenvalue weighted by Gasteiger charge is 2.35. The SMILES string of the molecule is COc1cc(/C=C2/SC(=O)N(Cc3ccc([N+](=O)[O-])cc3)C2=O)cc(Br)c1OCc1cccc(F)c1. The van der Waals surface area contributed by atoms with Crippen LogP contribution in [0.3, 0.4) is 0 Å². The van der Waals surface area contributed by atoms with Crippen LogP contribution in [-0.2, 0) is 17.9 Å². The van der Waals surface area contributed by atoms with Gasteiger partial charge in [-0.15, -0.1) is 0 Å². The van der Waals surface area contributed by atoms with Crippen LogP contribution in [0.5, 0.6) is 11.5 Å². The fourth-order valence-corrected chi connectivity index (χ4v) is 4.85. The summed E-state index contributed by atoms with van der Waals surface area (Å²) in [6.07, 6.45) is 1.57. The summed E-state index contributed by atoms with van der Waals surface area (Å²) < 4.78 is 25.3. The molecule has 0 aromatic heterocycles. The van der Waals surface area contributed by atoms with Gasteiger partial charge >= 0.3 is 0 Å². The van der Waals surface area contributed by atoms with Gasteiger partial charge in [0, 0.05) is 12.1 Å². The van der Waals surface area contributed by atoms with Gasteiger partial charge in [0.25, 0.3) is 16.8 Å². The number of thioether (sulfide) groups is 1. The monoisotopic (exact) mass is 572 g/mol. The Bertz CT molecular complexity index is 1380. The van der Waals surface area contributed by atoms with E-state index >= 15 is 0 Å². The molecule has 0 radical (unpaired) electrons. The average Bonchev–Trinajstić information content (AvgIpc) is 3.10. The van der Waals surface area contributed by atoms with Crippen molar-refractivity contribution in [3.05, 3.63) is 103 Å². The molecule has 1 aliphatic rings. The summed E-state index contributed by atoms with van der Waals surface area (Å²) in [7, 11) is 1.47. The number of nitro groups is 1. The van der Waals surface area contributed by atoms with Gasteiger partial charge in [-0.3, -0.25) is 24.6 Å². The molecule has 1 saturated heterocycles. The zero-order valence-electron chi connectivity index (χ0n) is 18.8. The molecule has 3 aromatic rings. The summed E-state index contributed by atoms with van der Waals surface area (Å²) in [5.41, 5.74) is 1.76. The van der Waals surface area contributed by atoms with Gasteiger partial charge in [-0.05, 0) is 74.7 Å². The molecule has 1 fully saturated rings. The number of halogens is 2. The Morgan fingerprint density at radius 1 is 1.11 bits per heavy atom. The first-order valence-corrected chi connectivity index (χ1v) is 12.1. The summed E-state index contributed by atoms with van der Waals surface area (Å²) in [5, 5.41) is 10.4. The third-order valence-electron chi connectivity index (χ3n) is 5.18. The minimum atomic E-state index is -0.517. The van der Waals surface area contributed by atoms with E-state index in [1.54, 1.807) is 30.3 Å². The van der Waals surface area contributed by atoms with E-state index in [0.29, 0.717) is 32.7 Å². The van der Waals surface area contributed by atoms with Crippen molar-refractivity contribution in [2.45, 2.75) is 13.2 Å². The van der Waals surface area contributed by atoms with Crippen molar-refractivity contribution >= 4 is 50.6 Å². The van der Waals surface area contributed by atoms with Gasteiger partial charge in [-0.25, -0.2) is 4.39 Å². The molecule has 0 atom stereocenters. The number of amides is 2. The molecule has 4 rings (SSSR count). The molecule has 11 heteroatoms. The zero-order valence-corrected chi connectivity index (χ0v) is 21.2. The standard InChI is InChI=1S/C25H18BrFN2O6S/c1-34-21-11-17(10-20(26)23(21)35-14-16-3-2-4-18(27)9-16)12-22-24(30)28(25(31)36-22)13-15-5-7-19(8-6-15)29(32)33/h2-12H,13-14H2,1H3/b22-12+. The van der Waals surface area contributed by atoms with Gasteiger partial charge in [0.15, 0.2) is 11.5 Å². The molecule has 2 amide bonds. The van der Waals surface area contributed by atoms with Gasteiger partial charge < -0.3 is 9.47 Å². The second-order valence-corrected chi connectivity index (χ2v) is 9.49. The van der Waals surface area contributed by atoms with Crippen LogP contribution >= 0.6 is 27.7 Å². The van der Waals surface area contributed by atoms with Crippen molar-refractivity contribution in [1.82, 2.24) is 4.90 Å². The first kappa shape index (κ1) is 25.4. The molecule has 0 bridgehead atoms. The topological polar surface area (TPSA) is 99.0 Å². The van der Waals surface area contributed by atoms with Crippen LogP contribution < -0.4 is 9.47 Å². The molecule has 36 heavy (non-hydrogen) atoms. The van der Waals surface area contributed by atoms with Gasteiger partial charge in [0.1, 0.15) is 12.4 Å².